The van der Waals surface area contributed by atoms with Crippen molar-refractivity contribution in [2.75, 3.05) is 31.1 Å². The number of furan rings is 1. The molecular weight excluding hydrogens is 452 g/mol. The van der Waals surface area contributed by atoms with Crippen molar-refractivity contribution < 1.29 is 9.21 Å². The van der Waals surface area contributed by atoms with E-state index >= 15 is 0 Å². The number of rotatable bonds is 4. The average molecular weight is 473 g/mol. The van der Waals surface area contributed by atoms with Gasteiger partial charge in [-0.1, -0.05) is 36.4 Å². The van der Waals surface area contributed by atoms with E-state index in [-0.39, 0.29) is 5.91 Å². The highest BCUT2D eigenvalue weighted by Gasteiger charge is 2.27. The van der Waals surface area contributed by atoms with Crippen molar-refractivity contribution in [3.8, 4) is 21.8 Å². The highest BCUT2D eigenvalue weighted by atomic mass is 32.1. The molecule has 0 N–H and O–H groups in total. The number of carbonyl (C=O) groups is 1. The summed E-state index contributed by atoms with van der Waals surface area (Å²) in [6, 6.07) is 17.9. The van der Waals surface area contributed by atoms with Crippen LogP contribution in [-0.2, 0) is 0 Å². The summed E-state index contributed by atoms with van der Waals surface area (Å²) in [5.41, 5.74) is 2.31. The van der Waals surface area contributed by atoms with Gasteiger partial charge in [-0.2, -0.15) is 0 Å². The maximum atomic E-state index is 12.7. The molecule has 0 unspecified atom stereocenters. The highest BCUT2D eigenvalue weighted by molar-refractivity contribution is 7.17. The molecule has 0 radical (unpaired) electrons. The number of nitrogens with zero attached hydrogens (tertiary/aromatic N) is 4. The Hall–Kier alpha value is -3.49. The number of hydrogen-bond acceptors (Lipinski definition) is 7. The first-order chi connectivity index (χ1) is 16.3. The van der Waals surface area contributed by atoms with Crippen LogP contribution in [0.5, 0.6) is 0 Å². The van der Waals surface area contributed by atoms with Crippen molar-refractivity contribution in [3.05, 3.63) is 77.4 Å². The molecule has 0 bridgehead atoms. The van der Waals surface area contributed by atoms with Gasteiger partial charge in [-0.3, -0.25) is 4.79 Å². The summed E-state index contributed by atoms with van der Waals surface area (Å²) < 4.78 is 5.31. The lowest BCUT2D eigenvalue weighted by atomic mass is 10.1. The zero-order valence-corrected chi connectivity index (χ0v) is 19.3. The quantitative estimate of drug-likeness (QED) is 0.339. The number of carbonyl (C=O) groups excluding carboxylic acids is 1. The number of hydrogen-bond donors (Lipinski definition) is 0. The number of piperazine rings is 1. The van der Waals surface area contributed by atoms with Gasteiger partial charge in [0.25, 0.3) is 5.91 Å². The molecule has 6 nitrogen and oxygen atoms in total. The van der Waals surface area contributed by atoms with Gasteiger partial charge in [-0.05, 0) is 29.1 Å². The summed E-state index contributed by atoms with van der Waals surface area (Å²) in [5, 5.41) is 5.30. The van der Waals surface area contributed by atoms with Gasteiger partial charge in [0, 0.05) is 37.1 Å². The van der Waals surface area contributed by atoms with Crippen molar-refractivity contribution >= 4 is 44.6 Å². The minimum atomic E-state index is -0.0627. The molecule has 0 aliphatic carbocycles. The molecule has 1 saturated heterocycles. The fourth-order valence-corrected chi connectivity index (χ4v) is 5.78. The van der Waals surface area contributed by atoms with Gasteiger partial charge in [0.05, 0.1) is 16.5 Å². The van der Waals surface area contributed by atoms with E-state index in [1.54, 1.807) is 34.8 Å². The molecule has 33 heavy (non-hydrogen) atoms. The molecule has 1 aliphatic heterocycles. The van der Waals surface area contributed by atoms with Crippen molar-refractivity contribution in [3.63, 3.8) is 0 Å². The van der Waals surface area contributed by atoms with E-state index in [9.17, 15) is 4.79 Å². The predicted molar refractivity (Wildman–Crippen MR) is 133 cm³/mol. The Labute approximate surface area is 198 Å². The van der Waals surface area contributed by atoms with Crippen LogP contribution in [0.1, 0.15) is 10.6 Å². The number of benzene rings is 1. The van der Waals surface area contributed by atoms with Gasteiger partial charge < -0.3 is 14.2 Å². The highest BCUT2D eigenvalue weighted by Crippen LogP contribution is 2.40. The third kappa shape index (κ3) is 3.71. The Morgan fingerprint density at radius 2 is 1.76 bits per heavy atom. The maximum Gasteiger partial charge on any atom is 0.289 e. The molecule has 4 aromatic heterocycles. The van der Waals surface area contributed by atoms with E-state index in [4.69, 9.17) is 14.4 Å². The second kappa shape index (κ2) is 8.46. The number of aromatic nitrogens is 2. The van der Waals surface area contributed by atoms with Crippen LogP contribution in [-0.4, -0.2) is 47.0 Å². The Morgan fingerprint density at radius 3 is 2.48 bits per heavy atom. The molecule has 1 aliphatic rings. The maximum absolute atomic E-state index is 12.7. The summed E-state index contributed by atoms with van der Waals surface area (Å²) >= 11 is 3.30. The third-order valence-electron chi connectivity index (χ3n) is 5.84. The van der Waals surface area contributed by atoms with Crippen molar-refractivity contribution in [1.82, 2.24) is 14.9 Å². The first-order valence-corrected chi connectivity index (χ1v) is 12.5. The monoisotopic (exact) mass is 472 g/mol. The predicted octanol–water partition coefficient (Wildman–Crippen LogP) is 5.64. The molecule has 5 aromatic rings. The second-order valence-electron chi connectivity index (χ2n) is 7.80. The summed E-state index contributed by atoms with van der Waals surface area (Å²) in [6.07, 6.45) is 1.54. The van der Waals surface area contributed by atoms with Crippen LogP contribution >= 0.6 is 22.7 Å². The minimum absolute atomic E-state index is 0.0627. The molecule has 5 heterocycles. The molecule has 164 valence electrons. The third-order valence-corrected chi connectivity index (χ3v) is 7.58. The first kappa shape index (κ1) is 20.1. The number of anilines is 1. The summed E-state index contributed by atoms with van der Waals surface area (Å²) in [5.74, 6) is 2.01. The van der Waals surface area contributed by atoms with Gasteiger partial charge in [0.2, 0.25) is 0 Å². The molecular formula is C25H20N4O2S2. The molecule has 0 spiro atoms. The lowest BCUT2D eigenvalue weighted by molar-refractivity contribution is 0.0714. The number of thiophene rings is 2. The van der Waals surface area contributed by atoms with Crippen molar-refractivity contribution in [2.45, 2.75) is 0 Å². The molecule has 0 saturated carbocycles. The summed E-state index contributed by atoms with van der Waals surface area (Å²) in [4.78, 5) is 28.8. The topological polar surface area (TPSA) is 62.5 Å². The average Bonchev–Trinajstić information content (AvgIpc) is 3.65. The van der Waals surface area contributed by atoms with Crippen LogP contribution < -0.4 is 4.90 Å². The van der Waals surface area contributed by atoms with E-state index in [0.717, 1.165) is 37.9 Å². The normalized spacial score (nSPS) is 14.2. The van der Waals surface area contributed by atoms with E-state index in [0.29, 0.717) is 31.9 Å². The molecule has 6 rings (SSSR count). The number of fused-ring (bicyclic) bond motifs is 1. The zero-order chi connectivity index (χ0) is 22.2. The van der Waals surface area contributed by atoms with Gasteiger partial charge in [-0.25, -0.2) is 9.97 Å². The Morgan fingerprint density at radius 1 is 0.909 bits per heavy atom. The Balaban J connectivity index is 1.39. The number of amides is 1. The van der Waals surface area contributed by atoms with Gasteiger partial charge in [-0.15, -0.1) is 22.7 Å². The molecule has 8 heteroatoms. The van der Waals surface area contributed by atoms with Gasteiger partial charge >= 0.3 is 0 Å². The van der Waals surface area contributed by atoms with E-state index in [1.807, 2.05) is 22.4 Å². The fourth-order valence-electron chi connectivity index (χ4n) is 4.18. The van der Waals surface area contributed by atoms with Crippen LogP contribution in [0.2, 0.25) is 0 Å². The zero-order valence-electron chi connectivity index (χ0n) is 17.7. The summed E-state index contributed by atoms with van der Waals surface area (Å²) in [7, 11) is 0. The van der Waals surface area contributed by atoms with Crippen LogP contribution in [0.15, 0.2) is 76.0 Å². The minimum Gasteiger partial charge on any atom is -0.459 e. The van der Waals surface area contributed by atoms with E-state index < -0.39 is 0 Å². The van der Waals surface area contributed by atoms with Crippen molar-refractivity contribution in [1.29, 1.82) is 0 Å². The Kier molecular flexibility index (Phi) is 5.16. The van der Waals surface area contributed by atoms with E-state index in [1.165, 1.54) is 6.26 Å². The SMILES string of the molecule is O=C(c1ccco1)N1CCN(c2nc(-c3cccs3)nc3scc(-c4ccccc4)c23)CC1. The largest absolute Gasteiger partial charge is 0.459 e. The lowest BCUT2D eigenvalue weighted by Gasteiger charge is -2.35. The second-order valence-corrected chi connectivity index (χ2v) is 9.61. The molecule has 0 atom stereocenters. The molecule has 1 aromatic carbocycles. The smallest absolute Gasteiger partial charge is 0.289 e. The molecule has 1 amide bonds. The Bertz CT molecular complexity index is 1390. The van der Waals surface area contributed by atoms with E-state index in [2.05, 4.69) is 40.6 Å². The van der Waals surface area contributed by atoms with Crippen LogP contribution in [0, 0.1) is 0 Å². The lowest BCUT2D eigenvalue weighted by Crippen LogP contribution is -2.49. The summed E-state index contributed by atoms with van der Waals surface area (Å²) in [6.45, 7) is 2.63. The van der Waals surface area contributed by atoms with Crippen LogP contribution in [0.25, 0.3) is 32.0 Å². The molecule has 1 fully saturated rings. The van der Waals surface area contributed by atoms with Crippen LogP contribution in [0.4, 0.5) is 5.82 Å². The first-order valence-electron chi connectivity index (χ1n) is 10.7. The van der Waals surface area contributed by atoms with Gasteiger partial charge in [0.15, 0.2) is 11.6 Å². The van der Waals surface area contributed by atoms with Crippen molar-refractivity contribution in [2.24, 2.45) is 0 Å². The standard InChI is InChI=1S/C25H20N4O2S2/c30-25(19-8-4-14-31-19)29-12-10-28(11-13-29)23-21-18(17-6-2-1-3-7-17)16-33-24(21)27-22(26-23)20-9-5-15-32-20/h1-9,14-16H,10-13H2. The van der Waals surface area contributed by atoms with Crippen LogP contribution in [0.3, 0.4) is 0 Å². The van der Waals surface area contributed by atoms with Gasteiger partial charge in [0.1, 0.15) is 10.6 Å². The fraction of sp³-hybridized carbons (Fsp3) is 0.160.